The number of nitriles is 1. The van der Waals surface area contributed by atoms with Gasteiger partial charge in [-0.05, 0) is 55.1 Å². The molecule has 5 rings (SSSR count). The summed E-state index contributed by atoms with van der Waals surface area (Å²) in [6.45, 7) is 12.4. The van der Waals surface area contributed by atoms with Crippen molar-refractivity contribution in [2.75, 3.05) is 13.1 Å². The van der Waals surface area contributed by atoms with E-state index in [0.717, 1.165) is 28.8 Å². The summed E-state index contributed by atoms with van der Waals surface area (Å²) < 4.78 is 2.14. The molecule has 1 fully saturated rings. The van der Waals surface area contributed by atoms with Gasteiger partial charge in [0.25, 0.3) is 0 Å². The predicted octanol–water partition coefficient (Wildman–Crippen LogP) is 4.60. The van der Waals surface area contributed by atoms with Gasteiger partial charge in [0, 0.05) is 35.4 Å². The van der Waals surface area contributed by atoms with Gasteiger partial charge in [-0.2, -0.15) is 10.1 Å². The third-order valence-electron chi connectivity index (χ3n) is 6.80. The fourth-order valence-electron chi connectivity index (χ4n) is 4.93. The summed E-state index contributed by atoms with van der Waals surface area (Å²) in [6.07, 6.45) is 5.62. The van der Waals surface area contributed by atoms with Gasteiger partial charge < -0.3 is 4.57 Å². The van der Waals surface area contributed by atoms with E-state index in [2.05, 4.69) is 86.8 Å². The van der Waals surface area contributed by atoms with E-state index < -0.39 is 0 Å². The summed E-state index contributed by atoms with van der Waals surface area (Å²) in [4.78, 5) is 12.8. The molecule has 1 aromatic carbocycles. The Kier molecular flexibility index (Phi) is 6.54. The molecule has 3 aromatic heterocycles. The van der Waals surface area contributed by atoms with Crippen LogP contribution in [0.5, 0.6) is 0 Å². The van der Waals surface area contributed by atoms with Gasteiger partial charge in [0.15, 0.2) is 0 Å². The molecule has 186 valence electrons. The molecule has 0 bridgehead atoms. The van der Waals surface area contributed by atoms with Crippen molar-refractivity contribution < 1.29 is 0 Å². The van der Waals surface area contributed by atoms with E-state index in [1.54, 1.807) is 11.0 Å². The fourth-order valence-corrected chi connectivity index (χ4v) is 4.93. The second-order valence-electron chi connectivity index (χ2n) is 10.9. The van der Waals surface area contributed by atoms with Crippen molar-refractivity contribution in [1.82, 2.24) is 39.6 Å². The Bertz CT molecular complexity index is 1380. The Morgan fingerprint density at radius 1 is 1.08 bits per heavy atom. The van der Waals surface area contributed by atoms with E-state index in [1.165, 1.54) is 37.9 Å². The predicted molar refractivity (Wildman–Crippen MR) is 138 cm³/mol. The van der Waals surface area contributed by atoms with Gasteiger partial charge in [-0.15, -0.1) is 10.2 Å². The molecule has 0 radical (unpaired) electrons. The van der Waals surface area contributed by atoms with Gasteiger partial charge in [0.05, 0.1) is 0 Å². The zero-order chi connectivity index (χ0) is 25.3. The molecule has 9 nitrogen and oxygen atoms in total. The summed E-state index contributed by atoms with van der Waals surface area (Å²) in [5.41, 5.74) is 4.05. The Labute approximate surface area is 211 Å². The van der Waals surface area contributed by atoms with E-state index in [1.807, 2.05) is 12.1 Å². The van der Waals surface area contributed by atoms with Crippen molar-refractivity contribution >= 4 is 11.0 Å². The van der Waals surface area contributed by atoms with Crippen LogP contribution in [-0.2, 0) is 13.1 Å². The lowest BCUT2D eigenvalue weighted by Crippen LogP contribution is -2.32. The normalized spacial score (nSPS) is 15.8. The molecule has 0 N–H and O–H groups in total. The lowest BCUT2D eigenvalue weighted by molar-refractivity contribution is 0.175. The van der Waals surface area contributed by atoms with Crippen molar-refractivity contribution in [3.8, 4) is 17.5 Å². The smallest absolute Gasteiger partial charge is 0.234 e. The van der Waals surface area contributed by atoms with E-state index in [9.17, 15) is 5.26 Å². The number of hydrogen-bond acceptors (Lipinski definition) is 7. The van der Waals surface area contributed by atoms with Crippen LogP contribution in [0.15, 0.2) is 36.5 Å². The highest BCUT2D eigenvalue weighted by Crippen LogP contribution is 2.27. The zero-order valence-electron chi connectivity index (χ0n) is 21.5. The van der Waals surface area contributed by atoms with Crippen molar-refractivity contribution in [2.45, 2.75) is 66.1 Å². The van der Waals surface area contributed by atoms with Crippen LogP contribution in [0.25, 0.3) is 22.4 Å². The molecule has 0 aliphatic carbocycles. The molecule has 1 aliphatic rings. The second kappa shape index (κ2) is 9.78. The highest BCUT2D eigenvalue weighted by Gasteiger charge is 2.20. The molecule has 0 amide bonds. The number of aromatic nitrogens is 7. The number of benzene rings is 1. The highest BCUT2D eigenvalue weighted by atomic mass is 15.6. The number of likely N-dealkylation sites (tertiary alicyclic amines) is 1. The molecule has 1 atom stereocenters. The maximum absolute atomic E-state index is 9.27. The summed E-state index contributed by atoms with van der Waals surface area (Å²) in [7, 11) is 0. The number of hydrogen-bond donors (Lipinski definition) is 0. The summed E-state index contributed by atoms with van der Waals surface area (Å²) >= 11 is 0. The molecule has 4 aromatic rings. The van der Waals surface area contributed by atoms with E-state index in [0.29, 0.717) is 18.4 Å². The third kappa shape index (κ3) is 5.14. The SMILES string of the molecule is CC(c1ccc(-c2nnn(Cc3cc4cnc(C#N)nc4n3CC(C)(C)C)n2)cc1)N1CCCCC1. The number of piperidine rings is 1. The Hall–Kier alpha value is -3.64. The van der Waals surface area contributed by atoms with Crippen molar-refractivity contribution in [3.63, 3.8) is 0 Å². The molecule has 36 heavy (non-hydrogen) atoms. The average Bonchev–Trinajstić information content (AvgIpc) is 3.48. The van der Waals surface area contributed by atoms with Gasteiger partial charge in [0.2, 0.25) is 11.6 Å². The van der Waals surface area contributed by atoms with Crippen molar-refractivity contribution in [3.05, 3.63) is 53.6 Å². The first kappa shape index (κ1) is 24.1. The molecular weight excluding hydrogens is 450 g/mol. The minimum absolute atomic E-state index is 0.0203. The molecule has 9 heteroatoms. The van der Waals surface area contributed by atoms with Gasteiger partial charge in [-0.3, -0.25) is 4.90 Å². The minimum atomic E-state index is 0.0203. The minimum Gasteiger partial charge on any atom is -0.327 e. The first-order valence-corrected chi connectivity index (χ1v) is 12.7. The summed E-state index contributed by atoms with van der Waals surface area (Å²) in [5.74, 6) is 0.777. The van der Waals surface area contributed by atoms with Gasteiger partial charge in [-0.25, -0.2) is 9.97 Å². The van der Waals surface area contributed by atoms with Gasteiger partial charge >= 0.3 is 0 Å². The third-order valence-corrected chi connectivity index (χ3v) is 6.80. The average molecular weight is 484 g/mol. The number of fused-ring (bicyclic) bond motifs is 1. The number of rotatable bonds is 6. The lowest BCUT2D eigenvalue weighted by Gasteiger charge is -2.32. The Morgan fingerprint density at radius 2 is 1.83 bits per heavy atom. The van der Waals surface area contributed by atoms with Crippen molar-refractivity contribution in [2.24, 2.45) is 5.41 Å². The first-order valence-electron chi connectivity index (χ1n) is 12.7. The first-order chi connectivity index (χ1) is 17.3. The standard InChI is InChI=1S/C27H33N9/c1-19(34-12-6-5-7-13-34)20-8-10-21(11-9-20)25-31-33-36(32-25)17-23-14-22-16-29-24(15-28)30-26(22)35(23)18-27(2,3)4/h8-11,14,16,19H,5-7,12-13,17-18H2,1-4H3. The molecule has 1 unspecified atom stereocenters. The van der Waals surface area contributed by atoms with E-state index in [-0.39, 0.29) is 11.2 Å². The van der Waals surface area contributed by atoms with Crippen LogP contribution < -0.4 is 0 Å². The molecule has 4 heterocycles. The highest BCUT2D eigenvalue weighted by molar-refractivity contribution is 5.77. The molecule has 1 saturated heterocycles. The van der Waals surface area contributed by atoms with Crippen LogP contribution in [0.1, 0.15) is 70.1 Å². The number of nitrogens with zero attached hydrogens (tertiary/aromatic N) is 9. The van der Waals surface area contributed by atoms with Crippen molar-refractivity contribution in [1.29, 1.82) is 5.26 Å². The Balaban J connectivity index is 1.37. The Morgan fingerprint density at radius 3 is 2.53 bits per heavy atom. The molecule has 0 saturated carbocycles. The van der Waals surface area contributed by atoms with Crippen LogP contribution in [0.3, 0.4) is 0 Å². The van der Waals surface area contributed by atoms with Crippen LogP contribution in [0.4, 0.5) is 0 Å². The van der Waals surface area contributed by atoms with Gasteiger partial charge in [0.1, 0.15) is 18.3 Å². The van der Waals surface area contributed by atoms with Crippen LogP contribution in [-0.4, -0.2) is 52.7 Å². The van der Waals surface area contributed by atoms with Crippen LogP contribution in [0, 0.1) is 16.7 Å². The molecule has 0 spiro atoms. The van der Waals surface area contributed by atoms with E-state index in [4.69, 9.17) is 0 Å². The summed E-state index contributed by atoms with van der Waals surface area (Å²) in [5, 5.41) is 23.5. The topological polar surface area (TPSA) is 101 Å². The fraction of sp³-hybridized carbons (Fsp3) is 0.481. The largest absolute Gasteiger partial charge is 0.327 e. The molecule has 1 aliphatic heterocycles. The summed E-state index contributed by atoms with van der Waals surface area (Å²) in [6, 6.07) is 13.0. The monoisotopic (exact) mass is 483 g/mol. The van der Waals surface area contributed by atoms with Crippen LogP contribution >= 0.6 is 0 Å². The number of tetrazole rings is 1. The van der Waals surface area contributed by atoms with Crippen LogP contribution in [0.2, 0.25) is 0 Å². The lowest BCUT2D eigenvalue weighted by atomic mass is 9.97. The molecular formula is C27H33N9. The second-order valence-corrected chi connectivity index (χ2v) is 10.9. The van der Waals surface area contributed by atoms with Gasteiger partial charge in [-0.1, -0.05) is 51.5 Å². The maximum Gasteiger partial charge on any atom is 0.234 e. The maximum atomic E-state index is 9.27. The van der Waals surface area contributed by atoms with E-state index >= 15 is 0 Å². The quantitative estimate of drug-likeness (QED) is 0.395. The zero-order valence-corrected chi connectivity index (χ0v) is 21.5.